The molecule has 4 heteroatoms. The quantitative estimate of drug-likeness (QED) is 0.745. The minimum absolute atomic E-state index is 0.0993. The summed E-state index contributed by atoms with van der Waals surface area (Å²) in [5, 5.41) is 31.2. The van der Waals surface area contributed by atoms with Crippen molar-refractivity contribution in [1.82, 2.24) is 5.32 Å². The fourth-order valence-corrected chi connectivity index (χ4v) is 1.97. The third kappa shape index (κ3) is 3.28. The van der Waals surface area contributed by atoms with Crippen LogP contribution in [0.5, 0.6) is 11.5 Å². The van der Waals surface area contributed by atoms with Crippen molar-refractivity contribution < 1.29 is 10.2 Å². The number of nitriles is 1. The summed E-state index contributed by atoms with van der Waals surface area (Å²) in [7, 11) is 0. The van der Waals surface area contributed by atoms with Gasteiger partial charge < -0.3 is 15.5 Å². The van der Waals surface area contributed by atoms with Crippen molar-refractivity contribution in [2.24, 2.45) is 0 Å². The lowest BCUT2D eigenvalue weighted by Crippen LogP contribution is -2.18. The second kappa shape index (κ2) is 6.09. The number of nitrogens with zero attached hydrogens (tertiary/aromatic N) is 1. The van der Waals surface area contributed by atoms with E-state index < -0.39 is 0 Å². The molecule has 1 unspecified atom stereocenters. The monoisotopic (exact) mass is 268 g/mol. The van der Waals surface area contributed by atoms with Gasteiger partial charge >= 0.3 is 0 Å². The molecule has 0 fully saturated rings. The summed E-state index contributed by atoms with van der Waals surface area (Å²) >= 11 is 0. The first-order valence-corrected chi connectivity index (χ1v) is 6.34. The van der Waals surface area contributed by atoms with Crippen LogP contribution in [0.25, 0.3) is 0 Å². The van der Waals surface area contributed by atoms with Crippen molar-refractivity contribution in [3.8, 4) is 17.6 Å². The van der Waals surface area contributed by atoms with E-state index in [4.69, 9.17) is 5.26 Å². The van der Waals surface area contributed by atoms with Crippen LogP contribution in [-0.4, -0.2) is 10.2 Å². The zero-order chi connectivity index (χ0) is 14.5. The van der Waals surface area contributed by atoms with E-state index in [0.29, 0.717) is 17.7 Å². The summed E-state index contributed by atoms with van der Waals surface area (Å²) in [6, 6.07) is 13.8. The topological polar surface area (TPSA) is 76.3 Å². The third-order valence-electron chi connectivity index (χ3n) is 3.17. The number of rotatable bonds is 4. The van der Waals surface area contributed by atoms with Crippen molar-refractivity contribution in [1.29, 1.82) is 5.26 Å². The van der Waals surface area contributed by atoms with Gasteiger partial charge in [0.15, 0.2) is 0 Å². The Labute approximate surface area is 117 Å². The van der Waals surface area contributed by atoms with E-state index >= 15 is 0 Å². The van der Waals surface area contributed by atoms with Gasteiger partial charge in [-0.05, 0) is 42.8 Å². The molecule has 0 aliphatic carbocycles. The molecule has 2 aromatic rings. The Morgan fingerprint density at radius 2 is 1.85 bits per heavy atom. The van der Waals surface area contributed by atoms with Crippen LogP contribution in [0.1, 0.15) is 29.7 Å². The number of aromatic hydroxyl groups is 2. The molecule has 0 radical (unpaired) electrons. The highest BCUT2D eigenvalue weighted by atomic mass is 16.3. The number of nitrogens with one attached hydrogen (secondary N) is 1. The van der Waals surface area contributed by atoms with E-state index in [1.807, 2.05) is 19.1 Å². The van der Waals surface area contributed by atoms with Gasteiger partial charge in [0.1, 0.15) is 11.5 Å². The molecule has 0 heterocycles. The molecule has 0 aliphatic heterocycles. The van der Waals surface area contributed by atoms with Crippen LogP contribution in [0.2, 0.25) is 0 Å². The molecule has 0 saturated heterocycles. The fraction of sp³-hybridized carbons (Fsp3) is 0.188. The summed E-state index contributed by atoms with van der Waals surface area (Å²) in [6.45, 7) is 2.53. The highest BCUT2D eigenvalue weighted by Gasteiger charge is 2.10. The van der Waals surface area contributed by atoms with E-state index in [0.717, 1.165) is 5.56 Å². The van der Waals surface area contributed by atoms with Crippen LogP contribution >= 0.6 is 0 Å². The fourth-order valence-electron chi connectivity index (χ4n) is 1.97. The predicted octanol–water partition coefficient (Wildman–Crippen LogP) is 2.82. The van der Waals surface area contributed by atoms with Crippen LogP contribution in [0, 0.1) is 11.3 Å². The highest BCUT2D eigenvalue weighted by molar-refractivity contribution is 5.40. The number of hydrogen-bond donors (Lipinski definition) is 3. The Kier molecular flexibility index (Phi) is 4.24. The molecule has 2 aromatic carbocycles. The molecular weight excluding hydrogens is 252 g/mol. The van der Waals surface area contributed by atoms with Gasteiger partial charge in [-0.2, -0.15) is 5.26 Å². The van der Waals surface area contributed by atoms with Gasteiger partial charge in [-0.1, -0.05) is 12.1 Å². The average molecular weight is 268 g/mol. The Balaban J connectivity index is 2.02. The molecule has 0 bridgehead atoms. The standard InChI is InChI=1S/C16H16N2O2/c1-11(15-8-14(19)6-7-16(15)20)18-10-13-4-2-12(9-17)3-5-13/h2-8,11,18-20H,10H2,1H3. The van der Waals surface area contributed by atoms with Gasteiger partial charge in [-0.3, -0.25) is 0 Å². The zero-order valence-electron chi connectivity index (χ0n) is 11.2. The van der Waals surface area contributed by atoms with Gasteiger partial charge in [0, 0.05) is 18.2 Å². The predicted molar refractivity (Wildman–Crippen MR) is 76.2 cm³/mol. The molecule has 0 aromatic heterocycles. The second-order valence-electron chi connectivity index (χ2n) is 4.65. The maximum absolute atomic E-state index is 9.78. The number of benzene rings is 2. The van der Waals surface area contributed by atoms with Crippen LogP contribution in [-0.2, 0) is 6.54 Å². The number of phenols is 2. The smallest absolute Gasteiger partial charge is 0.120 e. The molecule has 4 nitrogen and oxygen atoms in total. The van der Waals surface area contributed by atoms with E-state index in [-0.39, 0.29) is 17.5 Å². The van der Waals surface area contributed by atoms with Gasteiger partial charge in [0.25, 0.3) is 0 Å². The maximum atomic E-state index is 9.78. The van der Waals surface area contributed by atoms with Gasteiger partial charge in [-0.25, -0.2) is 0 Å². The first kappa shape index (κ1) is 13.9. The van der Waals surface area contributed by atoms with Crippen LogP contribution in [0.15, 0.2) is 42.5 Å². The molecule has 0 aliphatic rings. The van der Waals surface area contributed by atoms with E-state index in [1.165, 1.54) is 12.1 Å². The normalized spacial score (nSPS) is 11.8. The van der Waals surface area contributed by atoms with Crippen molar-refractivity contribution in [3.05, 3.63) is 59.2 Å². The molecular formula is C16H16N2O2. The average Bonchev–Trinajstić information content (AvgIpc) is 2.47. The largest absolute Gasteiger partial charge is 0.508 e. The lowest BCUT2D eigenvalue weighted by atomic mass is 10.1. The lowest BCUT2D eigenvalue weighted by Gasteiger charge is -2.16. The molecule has 2 rings (SSSR count). The van der Waals surface area contributed by atoms with Gasteiger partial charge in [0.05, 0.1) is 11.6 Å². The highest BCUT2D eigenvalue weighted by Crippen LogP contribution is 2.27. The minimum atomic E-state index is -0.0993. The molecule has 0 amide bonds. The van der Waals surface area contributed by atoms with Crippen LogP contribution in [0.3, 0.4) is 0 Å². The molecule has 0 saturated carbocycles. The Morgan fingerprint density at radius 1 is 1.15 bits per heavy atom. The van der Waals surface area contributed by atoms with E-state index in [1.54, 1.807) is 18.2 Å². The molecule has 1 atom stereocenters. The molecule has 3 N–H and O–H groups in total. The number of hydrogen-bond acceptors (Lipinski definition) is 4. The lowest BCUT2D eigenvalue weighted by molar-refractivity contribution is 0.440. The summed E-state index contributed by atoms with van der Waals surface area (Å²) in [5.41, 5.74) is 2.33. The maximum Gasteiger partial charge on any atom is 0.120 e. The summed E-state index contributed by atoms with van der Waals surface area (Å²) in [5.74, 6) is 0.285. The summed E-state index contributed by atoms with van der Waals surface area (Å²) in [6.07, 6.45) is 0. The Bertz CT molecular complexity index is 630. The summed E-state index contributed by atoms with van der Waals surface area (Å²) in [4.78, 5) is 0. The minimum Gasteiger partial charge on any atom is -0.508 e. The summed E-state index contributed by atoms with van der Waals surface area (Å²) < 4.78 is 0. The van der Waals surface area contributed by atoms with Crippen molar-refractivity contribution in [3.63, 3.8) is 0 Å². The first-order chi connectivity index (χ1) is 9.60. The van der Waals surface area contributed by atoms with Crippen molar-refractivity contribution >= 4 is 0 Å². The SMILES string of the molecule is CC(NCc1ccc(C#N)cc1)c1cc(O)ccc1O. The van der Waals surface area contributed by atoms with E-state index in [9.17, 15) is 10.2 Å². The Morgan fingerprint density at radius 3 is 2.50 bits per heavy atom. The molecule has 0 spiro atoms. The van der Waals surface area contributed by atoms with Gasteiger partial charge in [0.2, 0.25) is 0 Å². The van der Waals surface area contributed by atoms with Crippen LogP contribution < -0.4 is 5.32 Å². The second-order valence-corrected chi connectivity index (χ2v) is 4.65. The van der Waals surface area contributed by atoms with Crippen molar-refractivity contribution in [2.75, 3.05) is 0 Å². The van der Waals surface area contributed by atoms with E-state index in [2.05, 4.69) is 11.4 Å². The molecule has 20 heavy (non-hydrogen) atoms. The number of phenolic OH excluding ortho intramolecular Hbond substituents is 2. The molecule has 102 valence electrons. The first-order valence-electron chi connectivity index (χ1n) is 6.34. The van der Waals surface area contributed by atoms with Crippen molar-refractivity contribution in [2.45, 2.75) is 19.5 Å². The third-order valence-corrected chi connectivity index (χ3v) is 3.17. The van der Waals surface area contributed by atoms with Gasteiger partial charge in [-0.15, -0.1) is 0 Å². The Hall–Kier alpha value is -2.51. The van der Waals surface area contributed by atoms with Crippen LogP contribution in [0.4, 0.5) is 0 Å². The zero-order valence-corrected chi connectivity index (χ0v) is 11.2.